The van der Waals surface area contributed by atoms with Crippen LogP contribution in [-0.4, -0.2) is 30.7 Å². The standard InChI is InChI=1S/C43H49N3O4/c1-40(2)12-16-45-18-14-42(5,6)32-34(45)28(40)22-24-20-26(38(47)49-36(24)32)30-10-11-31(44(30)9)27-21-25-23-29-35-33(37(25)50-39(27)48)43(7,8)15-19-46(35)17-13-41(29,3)4/h10-11,20-23H,12-19H2,1-9H3. The summed E-state index contributed by atoms with van der Waals surface area (Å²) in [6.45, 7) is 22.5. The molecule has 0 saturated heterocycles. The summed E-state index contributed by atoms with van der Waals surface area (Å²) >= 11 is 0. The Bertz CT molecular complexity index is 2250. The summed E-state index contributed by atoms with van der Waals surface area (Å²) in [6.07, 6.45) is 4.19. The number of anilines is 2. The van der Waals surface area contributed by atoms with Gasteiger partial charge in [-0.2, -0.15) is 0 Å². The highest BCUT2D eigenvalue weighted by atomic mass is 16.4. The average molecular weight is 672 g/mol. The second-order valence-corrected chi connectivity index (χ2v) is 18.2. The van der Waals surface area contributed by atoms with Crippen LogP contribution in [0.25, 0.3) is 44.5 Å². The van der Waals surface area contributed by atoms with E-state index in [9.17, 15) is 9.59 Å². The van der Waals surface area contributed by atoms with Crippen molar-refractivity contribution in [2.75, 3.05) is 36.0 Å². The molecule has 7 heterocycles. The number of hydrogen-bond acceptors (Lipinski definition) is 6. The molecule has 2 aromatic carbocycles. The topological polar surface area (TPSA) is 71.8 Å². The van der Waals surface area contributed by atoms with Gasteiger partial charge in [0, 0.05) is 66.5 Å². The molecule has 7 heteroatoms. The van der Waals surface area contributed by atoms with Crippen LogP contribution in [0.1, 0.15) is 103 Å². The minimum absolute atomic E-state index is 0.0151. The molecule has 7 nitrogen and oxygen atoms in total. The van der Waals surface area contributed by atoms with Crippen LogP contribution >= 0.6 is 0 Å². The number of rotatable bonds is 2. The van der Waals surface area contributed by atoms with Crippen molar-refractivity contribution in [2.45, 2.75) is 103 Å². The van der Waals surface area contributed by atoms with Crippen molar-refractivity contribution < 1.29 is 8.83 Å². The van der Waals surface area contributed by atoms with E-state index in [0.717, 1.165) is 73.8 Å². The smallest absolute Gasteiger partial charge is 0.345 e. The summed E-state index contributed by atoms with van der Waals surface area (Å²) in [6, 6.07) is 12.4. The Morgan fingerprint density at radius 1 is 0.540 bits per heavy atom. The molecule has 50 heavy (non-hydrogen) atoms. The summed E-state index contributed by atoms with van der Waals surface area (Å²) in [5.41, 5.74) is 10.4. The predicted molar refractivity (Wildman–Crippen MR) is 203 cm³/mol. The zero-order chi connectivity index (χ0) is 35.3. The van der Waals surface area contributed by atoms with Crippen LogP contribution in [0.3, 0.4) is 0 Å². The van der Waals surface area contributed by atoms with E-state index >= 15 is 0 Å². The van der Waals surface area contributed by atoms with Crippen LogP contribution in [0.5, 0.6) is 0 Å². The molecule has 4 aliphatic rings. The van der Waals surface area contributed by atoms with E-state index in [-0.39, 0.29) is 32.9 Å². The average Bonchev–Trinajstić information content (AvgIpc) is 3.41. The van der Waals surface area contributed by atoms with Gasteiger partial charge in [0.05, 0.1) is 22.5 Å². The van der Waals surface area contributed by atoms with Crippen molar-refractivity contribution in [3.63, 3.8) is 0 Å². The molecule has 0 radical (unpaired) electrons. The second-order valence-electron chi connectivity index (χ2n) is 18.2. The van der Waals surface area contributed by atoms with E-state index in [0.29, 0.717) is 33.7 Å². The van der Waals surface area contributed by atoms with Crippen LogP contribution in [0.2, 0.25) is 0 Å². The molecule has 0 aliphatic carbocycles. The summed E-state index contributed by atoms with van der Waals surface area (Å²) in [7, 11) is 1.92. The van der Waals surface area contributed by atoms with E-state index in [4.69, 9.17) is 8.83 Å². The Morgan fingerprint density at radius 3 is 1.28 bits per heavy atom. The van der Waals surface area contributed by atoms with Crippen LogP contribution in [0.4, 0.5) is 11.4 Å². The Balaban J connectivity index is 1.22. The van der Waals surface area contributed by atoms with Gasteiger partial charge in [0.15, 0.2) is 0 Å². The van der Waals surface area contributed by atoms with E-state index < -0.39 is 0 Å². The van der Waals surface area contributed by atoms with Gasteiger partial charge in [-0.05, 0) is 94.9 Å². The van der Waals surface area contributed by atoms with Gasteiger partial charge < -0.3 is 23.2 Å². The molecule has 0 unspecified atom stereocenters. The lowest BCUT2D eigenvalue weighted by atomic mass is 9.69. The van der Waals surface area contributed by atoms with E-state index in [1.165, 1.54) is 22.5 Å². The predicted octanol–water partition coefficient (Wildman–Crippen LogP) is 8.91. The summed E-state index contributed by atoms with van der Waals surface area (Å²) < 4.78 is 14.6. The maximum Gasteiger partial charge on any atom is 0.345 e. The first-order valence-corrected chi connectivity index (χ1v) is 18.5. The van der Waals surface area contributed by atoms with Gasteiger partial charge in [-0.3, -0.25) is 0 Å². The zero-order valence-electron chi connectivity index (χ0n) is 31.1. The van der Waals surface area contributed by atoms with E-state index in [1.807, 2.05) is 35.9 Å². The normalized spacial score (nSPS) is 21.0. The molecule has 260 valence electrons. The third kappa shape index (κ3) is 4.27. The highest BCUT2D eigenvalue weighted by Crippen LogP contribution is 2.53. The quantitative estimate of drug-likeness (QED) is 0.175. The third-order valence-electron chi connectivity index (χ3n) is 13.1. The Hall–Kier alpha value is -4.26. The summed E-state index contributed by atoms with van der Waals surface area (Å²) in [4.78, 5) is 32.9. The van der Waals surface area contributed by atoms with Crippen molar-refractivity contribution in [1.29, 1.82) is 0 Å². The number of aromatic nitrogens is 1. The first kappa shape index (κ1) is 31.7. The molecule has 0 spiro atoms. The molecule has 0 N–H and O–H groups in total. The van der Waals surface area contributed by atoms with Crippen LogP contribution < -0.4 is 21.1 Å². The maximum absolute atomic E-state index is 13.9. The number of benzene rings is 2. The lowest BCUT2D eigenvalue weighted by Gasteiger charge is -2.48. The molecule has 0 atom stereocenters. The lowest BCUT2D eigenvalue weighted by Crippen LogP contribution is -2.44. The number of nitrogens with zero attached hydrogens (tertiary/aromatic N) is 3. The fourth-order valence-electron chi connectivity index (χ4n) is 9.71. The molecule has 0 amide bonds. The molecular formula is C43H49N3O4. The first-order chi connectivity index (χ1) is 23.5. The van der Waals surface area contributed by atoms with Gasteiger partial charge in [0.2, 0.25) is 0 Å². The van der Waals surface area contributed by atoms with Gasteiger partial charge >= 0.3 is 11.3 Å². The van der Waals surface area contributed by atoms with Crippen molar-refractivity contribution >= 4 is 33.3 Å². The number of fused-ring (bicyclic) bond motifs is 4. The SMILES string of the molecule is Cn1c(-c2cc3cc4c5c(c3oc2=O)C(C)(C)CCN5CCC4(C)C)ccc1-c1cc2cc3c4c(c2oc1=O)C(C)(C)CCN4CCC3(C)C. The van der Waals surface area contributed by atoms with E-state index in [2.05, 4.69) is 77.3 Å². The Morgan fingerprint density at radius 2 is 0.900 bits per heavy atom. The zero-order valence-corrected chi connectivity index (χ0v) is 31.1. The monoisotopic (exact) mass is 671 g/mol. The van der Waals surface area contributed by atoms with Crippen LogP contribution in [-0.2, 0) is 28.7 Å². The third-order valence-corrected chi connectivity index (χ3v) is 13.1. The molecule has 5 aromatic rings. The highest BCUT2D eigenvalue weighted by Gasteiger charge is 2.43. The molecular weight excluding hydrogens is 622 g/mol. The molecule has 0 saturated carbocycles. The molecule has 9 rings (SSSR count). The van der Waals surface area contributed by atoms with Crippen LogP contribution in [0.15, 0.2) is 54.8 Å². The van der Waals surface area contributed by atoms with Gasteiger partial charge in [0.1, 0.15) is 11.2 Å². The van der Waals surface area contributed by atoms with Gasteiger partial charge in [-0.1, -0.05) is 55.4 Å². The Kier molecular flexibility index (Phi) is 6.31. The van der Waals surface area contributed by atoms with Gasteiger partial charge in [-0.25, -0.2) is 9.59 Å². The summed E-state index contributed by atoms with van der Waals surface area (Å²) in [5.74, 6) is 0. The van der Waals surface area contributed by atoms with Crippen molar-refractivity contribution in [2.24, 2.45) is 7.05 Å². The highest BCUT2D eigenvalue weighted by molar-refractivity contribution is 5.94. The minimum Gasteiger partial charge on any atom is -0.422 e. The fourth-order valence-corrected chi connectivity index (χ4v) is 9.71. The van der Waals surface area contributed by atoms with Crippen LogP contribution in [0, 0.1) is 0 Å². The van der Waals surface area contributed by atoms with Crippen molar-refractivity contribution in [3.8, 4) is 22.5 Å². The Labute approximate surface area is 293 Å². The number of hydrogen-bond donors (Lipinski definition) is 0. The maximum atomic E-state index is 13.9. The van der Waals surface area contributed by atoms with Gasteiger partial charge in [-0.15, -0.1) is 0 Å². The molecule has 0 bridgehead atoms. The lowest BCUT2D eigenvalue weighted by molar-refractivity contribution is 0.398. The van der Waals surface area contributed by atoms with E-state index in [1.54, 1.807) is 0 Å². The minimum atomic E-state index is -0.366. The second kappa shape index (κ2) is 9.95. The van der Waals surface area contributed by atoms with Crippen molar-refractivity contribution in [1.82, 2.24) is 4.57 Å². The first-order valence-electron chi connectivity index (χ1n) is 18.5. The molecule has 4 aliphatic heterocycles. The van der Waals surface area contributed by atoms with Gasteiger partial charge in [0.25, 0.3) is 0 Å². The molecule has 3 aromatic heterocycles. The fraction of sp³-hybridized carbons (Fsp3) is 0.488. The summed E-state index contributed by atoms with van der Waals surface area (Å²) in [5, 5.41) is 1.90. The van der Waals surface area contributed by atoms with Crippen molar-refractivity contribution in [3.05, 3.63) is 79.5 Å². The molecule has 0 fully saturated rings. The largest absolute Gasteiger partial charge is 0.422 e.